The van der Waals surface area contributed by atoms with Gasteiger partial charge in [-0.05, 0) is 48.4 Å². The summed E-state index contributed by atoms with van der Waals surface area (Å²) in [6.07, 6.45) is 0.316. The average molecular weight is 323 g/mol. The van der Waals surface area contributed by atoms with Gasteiger partial charge in [0.05, 0.1) is 16.6 Å². The van der Waals surface area contributed by atoms with Crippen molar-refractivity contribution in [3.05, 3.63) is 53.1 Å². The number of nitrogens with zero attached hydrogens (tertiary/aromatic N) is 1. The summed E-state index contributed by atoms with van der Waals surface area (Å²) in [4.78, 5) is 28.2. The first kappa shape index (κ1) is 13.9. The lowest BCUT2D eigenvalue weighted by atomic mass is 10.1. The molecule has 1 aliphatic heterocycles. The molecule has 0 aliphatic carbocycles. The molecule has 0 radical (unpaired) electrons. The fourth-order valence-electron chi connectivity index (χ4n) is 2.63. The van der Waals surface area contributed by atoms with E-state index in [9.17, 15) is 9.59 Å². The maximum atomic E-state index is 12.4. The quantitative estimate of drug-likeness (QED) is 0.760. The molecular formula is C17H13N3O2S. The number of hydrogen-bond acceptors (Lipinski definition) is 4. The van der Waals surface area contributed by atoms with E-state index in [1.807, 2.05) is 19.1 Å². The summed E-state index contributed by atoms with van der Waals surface area (Å²) in [7, 11) is 0. The van der Waals surface area contributed by atoms with E-state index in [0.717, 1.165) is 27.0 Å². The first-order chi connectivity index (χ1) is 11.1. The second-order valence-electron chi connectivity index (χ2n) is 5.54. The van der Waals surface area contributed by atoms with Crippen LogP contribution in [0.2, 0.25) is 0 Å². The molecule has 5 nitrogen and oxygen atoms in total. The number of amides is 2. The fraction of sp³-hybridized carbons (Fsp3) is 0.118. The van der Waals surface area contributed by atoms with Gasteiger partial charge < -0.3 is 5.32 Å². The van der Waals surface area contributed by atoms with E-state index in [-0.39, 0.29) is 11.8 Å². The molecule has 2 N–H and O–H groups in total. The molecule has 0 bridgehead atoms. The van der Waals surface area contributed by atoms with Crippen molar-refractivity contribution in [1.29, 1.82) is 0 Å². The first-order valence-electron chi connectivity index (χ1n) is 7.20. The van der Waals surface area contributed by atoms with Crippen LogP contribution in [0, 0.1) is 6.92 Å². The Morgan fingerprint density at radius 1 is 1.26 bits per heavy atom. The van der Waals surface area contributed by atoms with E-state index in [1.165, 1.54) is 11.3 Å². The summed E-state index contributed by atoms with van der Waals surface area (Å²) in [6.45, 7) is 2.03. The normalized spacial score (nSPS) is 13.0. The topological polar surface area (TPSA) is 71.1 Å². The van der Waals surface area contributed by atoms with Crippen LogP contribution in [0.15, 0.2) is 36.4 Å². The number of nitrogens with one attached hydrogen (secondary N) is 2. The van der Waals surface area contributed by atoms with Crippen molar-refractivity contribution in [2.75, 3.05) is 10.6 Å². The SMILES string of the molecule is Cc1ccc2nc(NC(=O)c3ccc4c(c3)CC(=O)N4)sc2c1. The van der Waals surface area contributed by atoms with Crippen molar-refractivity contribution in [2.24, 2.45) is 0 Å². The van der Waals surface area contributed by atoms with E-state index in [4.69, 9.17) is 0 Å². The number of carbonyl (C=O) groups is 2. The minimum absolute atomic E-state index is 0.0425. The van der Waals surface area contributed by atoms with E-state index >= 15 is 0 Å². The second-order valence-corrected chi connectivity index (χ2v) is 6.57. The lowest BCUT2D eigenvalue weighted by Crippen LogP contribution is -2.11. The van der Waals surface area contributed by atoms with Gasteiger partial charge in [0.25, 0.3) is 5.91 Å². The van der Waals surface area contributed by atoms with Crippen molar-refractivity contribution in [3.63, 3.8) is 0 Å². The number of aromatic nitrogens is 1. The minimum atomic E-state index is -0.220. The van der Waals surface area contributed by atoms with Crippen molar-refractivity contribution in [3.8, 4) is 0 Å². The molecule has 114 valence electrons. The highest BCUT2D eigenvalue weighted by atomic mass is 32.1. The third-order valence-electron chi connectivity index (χ3n) is 3.76. The van der Waals surface area contributed by atoms with Crippen molar-refractivity contribution in [1.82, 2.24) is 4.98 Å². The molecule has 1 aliphatic rings. The van der Waals surface area contributed by atoms with E-state index in [2.05, 4.69) is 21.7 Å². The van der Waals surface area contributed by atoms with Crippen LogP contribution in [-0.4, -0.2) is 16.8 Å². The number of rotatable bonds is 2. The average Bonchev–Trinajstić information content (AvgIpc) is 3.07. The van der Waals surface area contributed by atoms with Gasteiger partial charge in [-0.25, -0.2) is 4.98 Å². The predicted octanol–water partition coefficient (Wildman–Crippen LogP) is 3.35. The number of anilines is 2. The summed E-state index contributed by atoms with van der Waals surface area (Å²) in [5.41, 5.74) is 4.19. The Morgan fingerprint density at radius 2 is 2.13 bits per heavy atom. The Hall–Kier alpha value is -2.73. The first-order valence-corrected chi connectivity index (χ1v) is 8.01. The Balaban J connectivity index is 1.59. The molecule has 23 heavy (non-hydrogen) atoms. The van der Waals surface area contributed by atoms with Crippen LogP contribution in [0.1, 0.15) is 21.5 Å². The van der Waals surface area contributed by atoms with Crippen LogP contribution in [0.5, 0.6) is 0 Å². The summed E-state index contributed by atoms with van der Waals surface area (Å²) in [6, 6.07) is 11.2. The van der Waals surface area contributed by atoms with Gasteiger partial charge in [0.2, 0.25) is 5.91 Å². The summed E-state index contributed by atoms with van der Waals surface area (Å²) in [5.74, 6) is -0.262. The van der Waals surface area contributed by atoms with Gasteiger partial charge in [-0.1, -0.05) is 17.4 Å². The largest absolute Gasteiger partial charge is 0.326 e. The predicted molar refractivity (Wildman–Crippen MR) is 91.1 cm³/mol. The molecule has 2 heterocycles. The lowest BCUT2D eigenvalue weighted by Gasteiger charge is -2.04. The molecule has 2 aromatic carbocycles. The molecule has 0 saturated carbocycles. The monoisotopic (exact) mass is 323 g/mol. The molecule has 4 rings (SSSR count). The maximum absolute atomic E-state index is 12.4. The zero-order chi connectivity index (χ0) is 16.0. The smallest absolute Gasteiger partial charge is 0.257 e. The van der Waals surface area contributed by atoms with Crippen LogP contribution in [0.25, 0.3) is 10.2 Å². The highest BCUT2D eigenvalue weighted by Gasteiger charge is 2.19. The molecule has 1 aromatic heterocycles. The number of fused-ring (bicyclic) bond motifs is 2. The van der Waals surface area contributed by atoms with Crippen molar-refractivity contribution >= 4 is 44.2 Å². The number of benzene rings is 2. The Bertz CT molecular complexity index is 962. The van der Waals surface area contributed by atoms with E-state index < -0.39 is 0 Å². The lowest BCUT2D eigenvalue weighted by molar-refractivity contribution is -0.115. The van der Waals surface area contributed by atoms with E-state index in [0.29, 0.717) is 17.1 Å². The maximum Gasteiger partial charge on any atom is 0.257 e. The van der Waals surface area contributed by atoms with Crippen molar-refractivity contribution < 1.29 is 9.59 Å². The van der Waals surface area contributed by atoms with Crippen LogP contribution in [0.4, 0.5) is 10.8 Å². The van der Waals surface area contributed by atoms with Gasteiger partial charge in [-0.15, -0.1) is 0 Å². The molecule has 0 saturated heterocycles. The van der Waals surface area contributed by atoms with Gasteiger partial charge in [-0.2, -0.15) is 0 Å². The van der Waals surface area contributed by atoms with Crippen LogP contribution in [0.3, 0.4) is 0 Å². The highest BCUT2D eigenvalue weighted by Crippen LogP contribution is 2.28. The molecule has 3 aromatic rings. The summed E-state index contributed by atoms with van der Waals surface area (Å²) in [5, 5.41) is 6.16. The molecule has 2 amide bonds. The molecule has 0 spiro atoms. The fourth-order valence-corrected chi connectivity index (χ4v) is 3.58. The van der Waals surface area contributed by atoms with Gasteiger partial charge in [0.15, 0.2) is 5.13 Å². The Kier molecular flexibility index (Phi) is 3.12. The van der Waals surface area contributed by atoms with E-state index in [1.54, 1.807) is 18.2 Å². The highest BCUT2D eigenvalue weighted by molar-refractivity contribution is 7.22. The zero-order valence-electron chi connectivity index (χ0n) is 12.3. The van der Waals surface area contributed by atoms with Crippen LogP contribution >= 0.6 is 11.3 Å². The van der Waals surface area contributed by atoms with Crippen LogP contribution in [-0.2, 0) is 11.2 Å². The van der Waals surface area contributed by atoms with Gasteiger partial charge in [-0.3, -0.25) is 14.9 Å². The summed E-state index contributed by atoms with van der Waals surface area (Å²) >= 11 is 1.45. The number of hydrogen-bond donors (Lipinski definition) is 2. The molecule has 0 atom stereocenters. The standard InChI is InChI=1S/C17H13N3O2S/c1-9-2-4-13-14(6-9)23-17(19-13)20-16(22)10-3-5-12-11(7-10)8-15(21)18-12/h2-7H,8H2,1H3,(H,18,21)(H,19,20,22). The van der Waals surface area contributed by atoms with Gasteiger partial charge in [0, 0.05) is 11.3 Å². The number of carbonyl (C=O) groups excluding carboxylic acids is 2. The van der Waals surface area contributed by atoms with Crippen molar-refractivity contribution in [2.45, 2.75) is 13.3 Å². The minimum Gasteiger partial charge on any atom is -0.326 e. The van der Waals surface area contributed by atoms with Crippen LogP contribution < -0.4 is 10.6 Å². The molecule has 6 heteroatoms. The van der Waals surface area contributed by atoms with Gasteiger partial charge in [0.1, 0.15) is 0 Å². The Morgan fingerprint density at radius 3 is 3.00 bits per heavy atom. The summed E-state index contributed by atoms with van der Waals surface area (Å²) < 4.78 is 1.05. The molecule has 0 unspecified atom stereocenters. The number of aryl methyl sites for hydroxylation is 1. The molecular weight excluding hydrogens is 310 g/mol. The Labute approximate surface area is 136 Å². The zero-order valence-corrected chi connectivity index (χ0v) is 13.2. The van der Waals surface area contributed by atoms with Gasteiger partial charge >= 0.3 is 0 Å². The molecule has 0 fully saturated rings. The third kappa shape index (κ3) is 2.57. The second kappa shape index (κ2) is 5.17. The number of thiazole rings is 1. The third-order valence-corrected chi connectivity index (χ3v) is 4.69.